The first-order chi connectivity index (χ1) is 20.4. The number of nitrogens with one attached hydrogen (secondary N) is 4. The van der Waals surface area contributed by atoms with Crippen LogP contribution in [-0.4, -0.2) is 52.0 Å². The number of nitrogens with zero attached hydrogens (tertiary/aromatic N) is 2. The minimum absolute atomic E-state index is 0.0223. The Balaban J connectivity index is 1.35. The zero-order chi connectivity index (χ0) is 30.9. The Labute approximate surface area is 252 Å². The SMILES string of the molecule is O=C(NC1CCC(C(F)(F)F)CC1)c1cc2[nH]c(Nc3c(Cl)ccc(CNC(=O)C4CC4)c3Cl)nc2nc1OCC(F)F. The van der Waals surface area contributed by atoms with Crippen molar-refractivity contribution in [3.8, 4) is 5.88 Å². The van der Waals surface area contributed by atoms with Crippen LogP contribution in [0.25, 0.3) is 11.2 Å². The summed E-state index contributed by atoms with van der Waals surface area (Å²) in [6, 6.07) is 4.05. The molecule has 0 radical (unpaired) electrons. The molecule has 2 aromatic heterocycles. The summed E-state index contributed by atoms with van der Waals surface area (Å²) < 4.78 is 70.1. The van der Waals surface area contributed by atoms with Crippen LogP contribution in [0, 0.1) is 11.8 Å². The van der Waals surface area contributed by atoms with Crippen LogP contribution in [0.15, 0.2) is 18.2 Å². The highest BCUT2D eigenvalue weighted by Crippen LogP contribution is 2.38. The number of ether oxygens (including phenoxy) is 1. The third kappa shape index (κ3) is 7.58. The summed E-state index contributed by atoms with van der Waals surface area (Å²) in [7, 11) is 0. The molecule has 0 atom stereocenters. The zero-order valence-electron chi connectivity index (χ0n) is 22.5. The summed E-state index contributed by atoms with van der Waals surface area (Å²) in [5.74, 6) is -2.49. The zero-order valence-corrected chi connectivity index (χ0v) is 24.0. The van der Waals surface area contributed by atoms with E-state index in [-0.39, 0.29) is 82.5 Å². The van der Waals surface area contributed by atoms with Crippen molar-refractivity contribution < 1.29 is 36.3 Å². The Morgan fingerprint density at radius 1 is 1.07 bits per heavy atom. The van der Waals surface area contributed by atoms with Crippen LogP contribution in [0.2, 0.25) is 10.0 Å². The van der Waals surface area contributed by atoms with E-state index in [0.29, 0.717) is 5.56 Å². The van der Waals surface area contributed by atoms with Gasteiger partial charge >= 0.3 is 6.18 Å². The van der Waals surface area contributed by atoms with E-state index >= 15 is 0 Å². The molecule has 2 heterocycles. The van der Waals surface area contributed by atoms with Gasteiger partial charge in [0.05, 0.1) is 27.2 Å². The molecule has 9 nitrogen and oxygen atoms in total. The third-order valence-corrected chi connectivity index (χ3v) is 8.12. The van der Waals surface area contributed by atoms with E-state index in [1.165, 1.54) is 6.07 Å². The number of aromatic nitrogens is 3. The first kappa shape index (κ1) is 31.0. The summed E-state index contributed by atoms with van der Waals surface area (Å²) in [4.78, 5) is 36.5. The predicted molar refractivity (Wildman–Crippen MR) is 149 cm³/mol. The van der Waals surface area contributed by atoms with Crippen LogP contribution in [-0.2, 0) is 11.3 Å². The maximum atomic E-state index is 13.1. The van der Waals surface area contributed by atoms with Gasteiger partial charge in [-0.05, 0) is 56.2 Å². The number of aromatic amines is 1. The lowest BCUT2D eigenvalue weighted by Crippen LogP contribution is -2.40. The Bertz CT molecular complexity index is 1510. The monoisotopic (exact) mass is 648 g/mol. The van der Waals surface area contributed by atoms with Crippen LogP contribution in [0.1, 0.15) is 54.4 Å². The van der Waals surface area contributed by atoms with E-state index in [2.05, 4.69) is 30.9 Å². The van der Waals surface area contributed by atoms with Crippen molar-refractivity contribution in [1.29, 1.82) is 0 Å². The standard InChI is InChI=1S/C27H27Cl2F5N6O3/c28-17-8-3-13(10-35-23(41)12-1-2-12)20(29)21(17)38-26-37-18-9-16(25(39-22(18)40-26)43-11-19(30)31)24(42)36-15-6-4-14(5-7-15)27(32,33)34/h3,8-9,12,14-15,19H,1-2,4-7,10-11H2,(H,35,41)(H,36,42)(H2,37,38,39,40). The Morgan fingerprint density at radius 2 is 1.79 bits per heavy atom. The van der Waals surface area contributed by atoms with Crippen molar-refractivity contribution in [2.24, 2.45) is 11.8 Å². The van der Waals surface area contributed by atoms with Crippen LogP contribution in [0.3, 0.4) is 0 Å². The van der Waals surface area contributed by atoms with Gasteiger partial charge in [0.2, 0.25) is 17.7 Å². The normalized spacial score (nSPS) is 19.0. The first-order valence-electron chi connectivity index (χ1n) is 13.6. The third-order valence-electron chi connectivity index (χ3n) is 7.37. The summed E-state index contributed by atoms with van der Waals surface area (Å²) in [6.07, 6.45) is -5.47. The number of amides is 2. The summed E-state index contributed by atoms with van der Waals surface area (Å²) in [6.45, 7) is -0.858. The number of benzene rings is 1. The van der Waals surface area contributed by atoms with Crippen molar-refractivity contribution in [3.63, 3.8) is 0 Å². The van der Waals surface area contributed by atoms with Crippen LogP contribution >= 0.6 is 23.2 Å². The topological polar surface area (TPSA) is 121 Å². The van der Waals surface area contributed by atoms with Crippen molar-refractivity contribution in [2.45, 2.75) is 63.7 Å². The molecular formula is C27H27Cl2F5N6O3. The second kappa shape index (κ2) is 12.7. The van der Waals surface area contributed by atoms with E-state index in [9.17, 15) is 31.5 Å². The molecule has 1 aromatic carbocycles. The van der Waals surface area contributed by atoms with Gasteiger partial charge < -0.3 is 25.7 Å². The van der Waals surface area contributed by atoms with Gasteiger partial charge in [-0.3, -0.25) is 9.59 Å². The Kier molecular flexibility index (Phi) is 9.16. The minimum Gasteiger partial charge on any atom is -0.471 e. The molecule has 0 saturated heterocycles. The van der Waals surface area contributed by atoms with E-state index in [0.717, 1.165) is 12.8 Å². The number of H-pyrrole nitrogens is 1. The highest BCUT2D eigenvalue weighted by molar-refractivity contribution is 6.39. The molecular weight excluding hydrogens is 622 g/mol. The van der Waals surface area contributed by atoms with Crippen molar-refractivity contribution in [1.82, 2.24) is 25.6 Å². The number of halogens is 7. The number of rotatable bonds is 10. The van der Waals surface area contributed by atoms with Crippen LogP contribution in [0.4, 0.5) is 33.6 Å². The van der Waals surface area contributed by atoms with E-state index in [1.54, 1.807) is 12.1 Å². The summed E-state index contributed by atoms with van der Waals surface area (Å²) in [5, 5.41) is 8.94. The first-order valence-corrected chi connectivity index (χ1v) is 14.4. The van der Waals surface area contributed by atoms with Crippen LogP contribution < -0.4 is 20.7 Å². The molecule has 4 N–H and O–H groups in total. The lowest BCUT2D eigenvalue weighted by Gasteiger charge is -2.30. The molecule has 0 bridgehead atoms. The fourth-order valence-corrected chi connectivity index (χ4v) is 5.40. The van der Waals surface area contributed by atoms with Gasteiger partial charge in [-0.2, -0.15) is 23.1 Å². The molecule has 2 aliphatic carbocycles. The molecule has 2 amide bonds. The molecule has 0 aliphatic heterocycles. The number of hydrogen-bond donors (Lipinski definition) is 4. The molecule has 16 heteroatoms. The molecule has 3 aromatic rings. The maximum absolute atomic E-state index is 13.1. The number of pyridine rings is 1. The van der Waals surface area contributed by atoms with Gasteiger partial charge in [0.15, 0.2) is 12.3 Å². The molecule has 232 valence electrons. The Hall–Kier alpha value is -3.39. The lowest BCUT2D eigenvalue weighted by atomic mass is 9.85. The molecule has 0 unspecified atom stereocenters. The van der Waals surface area contributed by atoms with Gasteiger partial charge in [0, 0.05) is 18.5 Å². The van der Waals surface area contributed by atoms with Gasteiger partial charge in [0.25, 0.3) is 12.3 Å². The minimum atomic E-state index is -4.30. The predicted octanol–water partition coefficient (Wildman–Crippen LogP) is 6.53. The van der Waals surface area contributed by atoms with Gasteiger partial charge in [-0.25, -0.2) is 8.78 Å². The summed E-state index contributed by atoms with van der Waals surface area (Å²) in [5.41, 5.74) is 0.947. The average Bonchev–Trinajstić information content (AvgIpc) is 3.73. The average molecular weight is 649 g/mol. The molecule has 5 rings (SSSR count). The number of imidazole rings is 1. The number of hydrogen-bond acceptors (Lipinski definition) is 6. The fraction of sp³-hybridized carbons (Fsp3) is 0.481. The van der Waals surface area contributed by atoms with Crippen LogP contribution in [0.5, 0.6) is 5.88 Å². The molecule has 43 heavy (non-hydrogen) atoms. The smallest absolute Gasteiger partial charge is 0.391 e. The van der Waals surface area contributed by atoms with Crippen molar-refractivity contribution in [3.05, 3.63) is 39.4 Å². The van der Waals surface area contributed by atoms with Gasteiger partial charge in [0.1, 0.15) is 5.56 Å². The number of fused-ring (bicyclic) bond motifs is 1. The number of alkyl halides is 5. The number of carbonyl (C=O) groups is 2. The number of anilines is 2. The molecule has 2 saturated carbocycles. The van der Waals surface area contributed by atoms with Crippen molar-refractivity contribution >= 4 is 57.8 Å². The van der Waals surface area contributed by atoms with E-state index in [4.69, 9.17) is 27.9 Å². The molecule has 2 fully saturated rings. The second-order valence-corrected chi connectivity index (χ2v) is 11.4. The van der Waals surface area contributed by atoms with E-state index < -0.39 is 43.0 Å². The molecule has 0 spiro atoms. The summed E-state index contributed by atoms with van der Waals surface area (Å²) >= 11 is 12.9. The lowest BCUT2D eigenvalue weighted by molar-refractivity contribution is -0.182. The van der Waals surface area contributed by atoms with Gasteiger partial charge in [-0.1, -0.05) is 29.3 Å². The van der Waals surface area contributed by atoms with E-state index in [1.807, 2.05) is 0 Å². The molecule has 2 aliphatic rings. The fourth-order valence-electron chi connectivity index (χ4n) is 4.87. The van der Waals surface area contributed by atoms with Crippen molar-refractivity contribution in [2.75, 3.05) is 11.9 Å². The number of carbonyl (C=O) groups excluding carboxylic acids is 2. The second-order valence-electron chi connectivity index (χ2n) is 10.6. The van der Waals surface area contributed by atoms with Gasteiger partial charge in [-0.15, -0.1) is 0 Å². The highest BCUT2D eigenvalue weighted by Gasteiger charge is 2.41. The largest absolute Gasteiger partial charge is 0.471 e. The maximum Gasteiger partial charge on any atom is 0.391 e. The Morgan fingerprint density at radius 3 is 2.44 bits per heavy atom. The highest BCUT2D eigenvalue weighted by atomic mass is 35.5. The quantitative estimate of drug-likeness (QED) is 0.186.